The van der Waals surface area contributed by atoms with Gasteiger partial charge in [0, 0.05) is 55.6 Å². The number of carbonyl (C=O) groups is 1. The van der Waals surface area contributed by atoms with E-state index in [1.54, 1.807) is 30.5 Å². The van der Waals surface area contributed by atoms with Gasteiger partial charge >= 0.3 is 5.97 Å². The van der Waals surface area contributed by atoms with Crippen molar-refractivity contribution in [1.82, 2.24) is 14.5 Å². The predicted octanol–water partition coefficient (Wildman–Crippen LogP) is 3.23. The number of fused-ring (bicyclic) bond motifs is 4. The van der Waals surface area contributed by atoms with E-state index in [0.717, 1.165) is 55.1 Å². The molecular weight excluding hydrogens is 378 g/mol. The fraction of sp³-hybridized carbons (Fsp3) is 0.292. The Morgan fingerprint density at radius 2 is 1.97 bits per heavy atom. The van der Waals surface area contributed by atoms with Crippen molar-refractivity contribution >= 4 is 5.97 Å². The summed E-state index contributed by atoms with van der Waals surface area (Å²) in [7, 11) is 0. The van der Waals surface area contributed by atoms with Gasteiger partial charge < -0.3 is 9.67 Å². The van der Waals surface area contributed by atoms with Crippen LogP contribution in [-0.4, -0.2) is 38.6 Å². The van der Waals surface area contributed by atoms with Crippen LogP contribution in [0.1, 0.15) is 34.0 Å². The summed E-state index contributed by atoms with van der Waals surface area (Å²) in [6.45, 7) is 3.23. The molecule has 1 saturated heterocycles. The number of aromatic nitrogens is 2. The number of aromatic carboxylic acids is 1. The van der Waals surface area contributed by atoms with Gasteiger partial charge in [0.15, 0.2) is 0 Å². The molecule has 2 aliphatic heterocycles. The van der Waals surface area contributed by atoms with Gasteiger partial charge in [-0.05, 0) is 48.2 Å². The van der Waals surface area contributed by atoms with Gasteiger partial charge in [0.2, 0.25) is 0 Å². The Bertz CT molecular complexity index is 1160. The summed E-state index contributed by atoms with van der Waals surface area (Å²) in [6.07, 6.45) is 2.83. The normalized spacial score (nSPS) is 20.5. The van der Waals surface area contributed by atoms with Gasteiger partial charge in [0.1, 0.15) is 0 Å². The summed E-state index contributed by atoms with van der Waals surface area (Å²) in [5, 5.41) is 9.25. The molecule has 0 radical (unpaired) electrons. The molecule has 1 aromatic carbocycles. The lowest BCUT2D eigenvalue weighted by molar-refractivity contribution is 0.0696. The molecule has 0 amide bonds. The maximum atomic E-state index is 12.8. The zero-order chi connectivity index (χ0) is 20.7. The Morgan fingerprint density at radius 1 is 1.07 bits per heavy atom. The van der Waals surface area contributed by atoms with Crippen molar-refractivity contribution in [3.63, 3.8) is 0 Å². The molecule has 0 saturated carbocycles. The van der Waals surface area contributed by atoms with Crippen LogP contribution in [0.25, 0.3) is 11.3 Å². The standard InChI is InChI=1S/C24H23N3O3/c28-23-11-19(21-6-1-2-7-25-21)10-22-20-9-17(14-27(22)23)13-26(15-20)12-16-4-3-5-18(8-16)24(29)30/h1-8,10-11,17,20H,9,12-15H2,(H,29,30)/t17-,20+/m0/s1. The van der Waals surface area contributed by atoms with Crippen molar-refractivity contribution in [2.45, 2.75) is 25.4 Å². The third kappa shape index (κ3) is 3.55. The fourth-order valence-corrected chi connectivity index (χ4v) is 4.93. The van der Waals surface area contributed by atoms with Crippen molar-refractivity contribution in [1.29, 1.82) is 0 Å². The maximum Gasteiger partial charge on any atom is 0.335 e. The lowest BCUT2D eigenvalue weighted by Gasteiger charge is -2.43. The number of rotatable bonds is 4. The van der Waals surface area contributed by atoms with E-state index in [0.29, 0.717) is 11.5 Å². The first-order valence-corrected chi connectivity index (χ1v) is 10.3. The molecule has 6 nitrogen and oxygen atoms in total. The number of nitrogens with zero attached hydrogens (tertiary/aromatic N) is 3. The number of benzene rings is 1. The average Bonchev–Trinajstić information content (AvgIpc) is 2.75. The lowest BCUT2D eigenvalue weighted by atomic mass is 9.82. The molecule has 0 aliphatic carbocycles. The maximum absolute atomic E-state index is 12.8. The van der Waals surface area contributed by atoms with Crippen molar-refractivity contribution in [3.05, 3.63) is 88.0 Å². The summed E-state index contributed by atoms with van der Waals surface area (Å²) in [6, 6.07) is 16.7. The van der Waals surface area contributed by atoms with Crippen molar-refractivity contribution in [2.24, 2.45) is 5.92 Å². The number of hydrogen-bond donors (Lipinski definition) is 1. The zero-order valence-electron chi connectivity index (χ0n) is 16.6. The summed E-state index contributed by atoms with van der Waals surface area (Å²) in [5.74, 6) is -0.184. The van der Waals surface area contributed by atoms with E-state index >= 15 is 0 Å². The Balaban J connectivity index is 1.42. The number of pyridine rings is 2. The van der Waals surface area contributed by atoms with Crippen LogP contribution >= 0.6 is 0 Å². The second-order valence-electron chi connectivity index (χ2n) is 8.33. The molecule has 0 unspecified atom stereocenters. The minimum atomic E-state index is -0.900. The van der Waals surface area contributed by atoms with E-state index in [2.05, 4.69) is 16.0 Å². The Hall–Kier alpha value is -3.25. The highest BCUT2D eigenvalue weighted by molar-refractivity contribution is 5.87. The highest BCUT2D eigenvalue weighted by Crippen LogP contribution is 2.36. The van der Waals surface area contributed by atoms with Crippen LogP contribution in [0.5, 0.6) is 0 Å². The second-order valence-corrected chi connectivity index (χ2v) is 8.33. The van der Waals surface area contributed by atoms with E-state index in [9.17, 15) is 14.7 Å². The minimum absolute atomic E-state index is 0.0467. The third-order valence-corrected chi connectivity index (χ3v) is 6.17. The first-order chi connectivity index (χ1) is 14.6. The molecule has 30 heavy (non-hydrogen) atoms. The fourth-order valence-electron chi connectivity index (χ4n) is 4.93. The minimum Gasteiger partial charge on any atom is -0.478 e. The van der Waals surface area contributed by atoms with Crippen LogP contribution < -0.4 is 5.56 Å². The smallest absolute Gasteiger partial charge is 0.335 e. The second kappa shape index (κ2) is 7.54. The molecule has 2 atom stereocenters. The Labute approximate surface area is 174 Å². The number of carboxylic acids is 1. The van der Waals surface area contributed by atoms with Crippen LogP contribution in [0, 0.1) is 5.92 Å². The van der Waals surface area contributed by atoms with Crippen LogP contribution in [0.4, 0.5) is 0 Å². The predicted molar refractivity (Wildman–Crippen MR) is 113 cm³/mol. The van der Waals surface area contributed by atoms with E-state index in [4.69, 9.17) is 0 Å². The molecule has 4 heterocycles. The summed E-state index contributed by atoms with van der Waals surface area (Å²) in [5.41, 5.74) is 4.15. The van der Waals surface area contributed by atoms with E-state index < -0.39 is 5.97 Å². The van der Waals surface area contributed by atoms with Gasteiger partial charge in [-0.3, -0.25) is 14.7 Å². The molecule has 1 N–H and O–H groups in total. The number of hydrogen-bond acceptors (Lipinski definition) is 4. The van der Waals surface area contributed by atoms with Crippen LogP contribution in [-0.2, 0) is 13.1 Å². The van der Waals surface area contributed by atoms with Gasteiger partial charge in [-0.25, -0.2) is 4.79 Å². The number of carboxylic acid groups (broad SMARTS) is 1. The Morgan fingerprint density at radius 3 is 2.77 bits per heavy atom. The average molecular weight is 401 g/mol. The Kier molecular flexibility index (Phi) is 4.71. The molecule has 152 valence electrons. The molecular formula is C24H23N3O3. The highest BCUT2D eigenvalue weighted by atomic mass is 16.4. The molecule has 5 rings (SSSR count). The first-order valence-electron chi connectivity index (χ1n) is 10.3. The molecule has 3 aromatic rings. The topological polar surface area (TPSA) is 75.4 Å². The first kappa shape index (κ1) is 18.8. The highest BCUT2D eigenvalue weighted by Gasteiger charge is 2.35. The number of likely N-dealkylation sites (tertiary alicyclic amines) is 1. The number of piperidine rings is 1. The van der Waals surface area contributed by atoms with Crippen LogP contribution in [0.3, 0.4) is 0 Å². The lowest BCUT2D eigenvalue weighted by Crippen LogP contribution is -2.46. The molecule has 2 aliphatic rings. The van der Waals surface area contributed by atoms with Gasteiger partial charge in [-0.2, -0.15) is 0 Å². The van der Waals surface area contributed by atoms with Crippen molar-refractivity contribution in [2.75, 3.05) is 13.1 Å². The van der Waals surface area contributed by atoms with E-state index in [1.165, 1.54) is 0 Å². The van der Waals surface area contributed by atoms with Crippen LogP contribution in [0.15, 0.2) is 65.6 Å². The molecule has 1 fully saturated rings. The van der Waals surface area contributed by atoms with E-state index in [1.807, 2.05) is 28.8 Å². The van der Waals surface area contributed by atoms with Gasteiger partial charge in [-0.15, -0.1) is 0 Å². The monoisotopic (exact) mass is 401 g/mol. The summed E-state index contributed by atoms with van der Waals surface area (Å²) >= 11 is 0. The molecule has 0 spiro atoms. The van der Waals surface area contributed by atoms with Gasteiger partial charge in [0.25, 0.3) is 5.56 Å². The SMILES string of the molecule is O=C(O)c1cccc(CN2C[C@@H]3C[C@H](C2)c2cc(-c4ccccn4)cc(=O)n2C3)c1. The third-order valence-electron chi connectivity index (χ3n) is 6.17. The quantitative estimate of drug-likeness (QED) is 0.727. The zero-order valence-corrected chi connectivity index (χ0v) is 16.6. The van der Waals surface area contributed by atoms with Gasteiger partial charge in [-0.1, -0.05) is 18.2 Å². The molecule has 2 aromatic heterocycles. The van der Waals surface area contributed by atoms with Crippen molar-refractivity contribution < 1.29 is 9.90 Å². The van der Waals surface area contributed by atoms with Crippen molar-refractivity contribution in [3.8, 4) is 11.3 Å². The van der Waals surface area contributed by atoms with E-state index in [-0.39, 0.29) is 11.5 Å². The molecule has 6 heteroatoms. The van der Waals surface area contributed by atoms with Gasteiger partial charge in [0.05, 0.1) is 11.3 Å². The molecule has 2 bridgehead atoms. The largest absolute Gasteiger partial charge is 0.478 e. The summed E-state index contributed by atoms with van der Waals surface area (Å²) in [4.78, 5) is 30.9. The summed E-state index contributed by atoms with van der Waals surface area (Å²) < 4.78 is 1.94. The van der Waals surface area contributed by atoms with Crippen LogP contribution in [0.2, 0.25) is 0 Å².